The molecule has 0 N–H and O–H groups in total. The standard InChI is InChI=1S/C9H28O3Si4/c1-5-6-7-8-9-16(10-13-2,11-14-3)12-15-4/h5-9,13-15H2,1-4H3. The van der Waals surface area contributed by atoms with Crippen LogP contribution in [-0.4, -0.2) is 38.1 Å². The van der Waals surface area contributed by atoms with E-state index < -0.39 is 38.1 Å². The van der Waals surface area contributed by atoms with Crippen LogP contribution in [0.2, 0.25) is 25.7 Å². The molecule has 7 heteroatoms. The van der Waals surface area contributed by atoms with Crippen molar-refractivity contribution >= 4 is 38.1 Å². The minimum Gasteiger partial charge on any atom is -0.423 e. The van der Waals surface area contributed by atoms with Crippen LogP contribution in [0.4, 0.5) is 0 Å². The van der Waals surface area contributed by atoms with Crippen molar-refractivity contribution in [3.63, 3.8) is 0 Å². The molecule has 16 heavy (non-hydrogen) atoms. The fourth-order valence-corrected chi connectivity index (χ4v) is 12.7. The van der Waals surface area contributed by atoms with Crippen LogP contribution in [0, 0.1) is 0 Å². The molecule has 0 radical (unpaired) electrons. The minimum absolute atomic E-state index is 0.414. The molecule has 0 aromatic rings. The third-order valence-electron chi connectivity index (χ3n) is 2.43. The third-order valence-corrected chi connectivity index (χ3v) is 12.1. The van der Waals surface area contributed by atoms with Crippen molar-refractivity contribution in [2.24, 2.45) is 0 Å². The predicted octanol–water partition coefficient (Wildman–Crippen LogP) is 0.951. The predicted molar refractivity (Wildman–Crippen MR) is 81.2 cm³/mol. The monoisotopic (exact) mass is 296 g/mol. The van der Waals surface area contributed by atoms with Crippen molar-refractivity contribution in [3.05, 3.63) is 0 Å². The molecule has 3 nitrogen and oxygen atoms in total. The van der Waals surface area contributed by atoms with Crippen LogP contribution in [0.25, 0.3) is 0 Å². The minimum atomic E-state index is -2.16. The lowest BCUT2D eigenvalue weighted by Gasteiger charge is -2.30. The maximum absolute atomic E-state index is 5.99. The van der Waals surface area contributed by atoms with E-state index in [1.807, 2.05) is 0 Å². The topological polar surface area (TPSA) is 27.7 Å². The zero-order valence-electron chi connectivity index (χ0n) is 11.4. The molecule has 0 aromatic heterocycles. The van der Waals surface area contributed by atoms with Crippen LogP contribution >= 0.6 is 0 Å². The lowest BCUT2D eigenvalue weighted by molar-refractivity contribution is 0.279. The van der Waals surface area contributed by atoms with Gasteiger partial charge in [0, 0.05) is 6.04 Å². The summed E-state index contributed by atoms with van der Waals surface area (Å²) in [6.45, 7) is 8.77. The molecule has 0 aromatic carbocycles. The lowest BCUT2D eigenvalue weighted by atomic mass is 10.2. The second-order valence-corrected chi connectivity index (χ2v) is 10.9. The van der Waals surface area contributed by atoms with Crippen molar-refractivity contribution in [1.29, 1.82) is 0 Å². The highest BCUT2D eigenvalue weighted by atomic mass is 28.5. The Hall–Kier alpha value is 0.748. The number of hydrogen-bond donors (Lipinski definition) is 0. The fourth-order valence-electron chi connectivity index (χ4n) is 1.77. The quantitative estimate of drug-likeness (QED) is 0.420. The number of rotatable bonds is 11. The number of hydrogen-bond acceptors (Lipinski definition) is 3. The first-order valence-electron chi connectivity index (χ1n) is 6.66. The molecule has 0 atom stereocenters. The molecule has 0 fully saturated rings. The van der Waals surface area contributed by atoms with Gasteiger partial charge in [-0.15, -0.1) is 0 Å². The molecule has 0 aliphatic rings. The SMILES string of the molecule is CCCCCC[Si](O[SiH2]C)(O[SiH2]C)O[SiH2]C. The molecular formula is C9H28O3Si4. The normalized spacial score (nSPS) is 17.2. The van der Waals surface area contributed by atoms with Crippen LogP contribution in [0.3, 0.4) is 0 Å². The van der Waals surface area contributed by atoms with Gasteiger partial charge >= 0.3 is 8.80 Å². The van der Waals surface area contributed by atoms with Crippen molar-refractivity contribution in [2.75, 3.05) is 0 Å². The summed E-state index contributed by atoms with van der Waals surface area (Å²) < 4.78 is 18.0. The van der Waals surface area contributed by atoms with Crippen LogP contribution in [0.15, 0.2) is 0 Å². The summed E-state index contributed by atoms with van der Waals surface area (Å²) in [7, 11) is -3.40. The molecular weight excluding hydrogens is 268 g/mol. The van der Waals surface area contributed by atoms with Gasteiger partial charge in [0.25, 0.3) is 0 Å². The smallest absolute Gasteiger partial charge is 0.423 e. The van der Waals surface area contributed by atoms with Gasteiger partial charge < -0.3 is 12.3 Å². The van der Waals surface area contributed by atoms with E-state index in [4.69, 9.17) is 12.3 Å². The Bertz CT molecular complexity index is 143. The molecule has 0 saturated heterocycles. The van der Waals surface area contributed by atoms with Crippen molar-refractivity contribution in [2.45, 2.75) is 58.3 Å². The first-order chi connectivity index (χ1) is 7.74. The van der Waals surface area contributed by atoms with Gasteiger partial charge in [-0.2, -0.15) is 0 Å². The summed E-state index contributed by atoms with van der Waals surface area (Å²) in [5.74, 6) is 0. The van der Waals surface area contributed by atoms with Crippen LogP contribution < -0.4 is 0 Å². The summed E-state index contributed by atoms with van der Waals surface area (Å²) in [6, 6.07) is 1.06. The molecule has 0 bridgehead atoms. The lowest BCUT2D eigenvalue weighted by Crippen LogP contribution is -2.47. The van der Waals surface area contributed by atoms with Gasteiger partial charge in [0.05, 0.1) is 0 Å². The van der Waals surface area contributed by atoms with Crippen molar-refractivity contribution < 1.29 is 12.3 Å². The van der Waals surface area contributed by atoms with E-state index in [0.29, 0.717) is 0 Å². The van der Waals surface area contributed by atoms with E-state index in [0.717, 1.165) is 6.04 Å². The molecule has 0 aliphatic carbocycles. The van der Waals surface area contributed by atoms with E-state index in [9.17, 15) is 0 Å². The molecule has 0 saturated carbocycles. The summed E-state index contributed by atoms with van der Waals surface area (Å²) in [6.07, 6.45) is 5.12. The van der Waals surface area contributed by atoms with Crippen LogP contribution in [-0.2, 0) is 12.3 Å². The van der Waals surface area contributed by atoms with E-state index in [-0.39, 0.29) is 0 Å². The highest BCUT2D eigenvalue weighted by Crippen LogP contribution is 2.19. The average molecular weight is 297 g/mol. The van der Waals surface area contributed by atoms with Crippen molar-refractivity contribution in [3.8, 4) is 0 Å². The molecule has 0 rings (SSSR count). The van der Waals surface area contributed by atoms with Gasteiger partial charge in [0.15, 0.2) is 0 Å². The zero-order chi connectivity index (χ0) is 12.3. The number of unbranched alkanes of at least 4 members (excludes halogenated alkanes) is 3. The van der Waals surface area contributed by atoms with Gasteiger partial charge in [-0.3, -0.25) is 0 Å². The second-order valence-electron chi connectivity index (χ2n) is 3.79. The maximum Gasteiger partial charge on any atom is 0.468 e. The molecule has 0 heterocycles. The first-order valence-corrected chi connectivity index (χ1v) is 14.6. The highest BCUT2D eigenvalue weighted by Gasteiger charge is 2.37. The Labute approximate surface area is 109 Å². The highest BCUT2D eigenvalue weighted by molar-refractivity contribution is 6.73. The van der Waals surface area contributed by atoms with E-state index in [2.05, 4.69) is 26.6 Å². The Kier molecular flexibility index (Phi) is 11.4. The largest absolute Gasteiger partial charge is 0.468 e. The zero-order valence-corrected chi connectivity index (χ0v) is 16.6. The Balaban J connectivity index is 4.12. The van der Waals surface area contributed by atoms with Gasteiger partial charge in [-0.1, -0.05) is 45.8 Å². The third kappa shape index (κ3) is 7.15. The first kappa shape index (κ1) is 16.7. The van der Waals surface area contributed by atoms with Crippen LogP contribution in [0.5, 0.6) is 0 Å². The summed E-state index contributed by atoms with van der Waals surface area (Å²) in [5, 5.41) is 0. The summed E-state index contributed by atoms with van der Waals surface area (Å²) in [5.41, 5.74) is 0. The molecule has 0 amide bonds. The Morgan fingerprint density at radius 2 is 1.31 bits per heavy atom. The average Bonchev–Trinajstić information content (AvgIpc) is 2.26. The Morgan fingerprint density at radius 3 is 1.69 bits per heavy atom. The van der Waals surface area contributed by atoms with E-state index in [1.54, 1.807) is 0 Å². The van der Waals surface area contributed by atoms with Gasteiger partial charge in [0.2, 0.25) is 0 Å². The van der Waals surface area contributed by atoms with Gasteiger partial charge in [0.1, 0.15) is 29.3 Å². The van der Waals surface area contributed by atoms with Gasteiger partial charge in [-0.25, -0.2) is 0 Å². The fraction of sp³-hybridized carbons (Fsp3) is 1.00. The Morgan fingerprint density at radius 1 is 0.812 bits per heavy atom. The summed E-state index contributed by atoms with van der Waals surface area (Å²) >= 11 is 0. The maximum atomic E-state index is 5.99. The summed E-state index contributed by atoms with van der Waals surface area (Å²) in [4.78, 5) is 0. The second kappa shape index (κ2) is 10.9. The molecule has 0 spiro atoms. The van der Waals surface area contributed by atoms with E-state index >= 15 is 0 Å². The van der Waals surface area contributed by atoms with E-state index in [1.165, 1.54) is 25.7 Å². The molecule has 0 unspecified atom stereocenters. The molecule has 98 valence electrons. The van der Waals surface area contributed by atoms with Crippen molar-refractivity contribution in [1.82, 2.24) is 0 Å². The van der Waals surface area contributed by atoms with Gasteiger partial charge in [-0.05, 0) is 6.42 Å². The van der Waals surface area contributed by atoms with Crippen LogP contribution in [0.1, 0.15) is 32.6 Å². The molecule has 0 aliphatic heterocycles.